The molecule has 0 atom stereocenters. The standard InChI is InChI=1S/C14H9BrClF6N3O/c1-6-11(15)12(14(20,21)22)24-25(6)5-10(26)23-9-4-7(13(17,18)19)2-3-8(9)16/h2-4H,5H2,1H3,(H,23,26). The summed E-state index contributed by atoms with van der Waals surface area (Å²) in [7, 11) is 0. The Hall–Kier alpha value is -1.75. The zero-order valence-electron chi connectivity index (χ0n) is 12.8. The third-order valence-electron chi connectivity index (χ3n) is 3.26. The summed E-state index contributed by atoms with van der Waals surface area (Å²) in [6, 6.07) is 2.33. The number of carbonyl (C=O) groups excluding carboxylic acids is 1. The molecule has 0 bridgehead atoms. The molecular weight excluding hydrogens is 456 g/mol. The highest BCUT2D eigenvalue weighted by Gasteiger charge is 2.38. The Kier molecular flexibility index (Phi) is 5.62. The molecule has 0 unspecified atom stereocenters. The van der Waals surface area contributed by atoms with Crippen LogP contribution in [-0.4, -0.2) is 15.7 Å². The van der Waals surface area contributed by atoms with Gasteiger partial charge in [-0.1, -0.05) is 11.6 Å². The molecule has 0 radical (unpaired) electrons. The molecule has 1 amide bonds. The van der Waals surface area contributed by atoms with Gasteiger partial charge in [-0.05, 0) is 41.1 Å². The van der Waals surface area contributed by atoms with Crippen LogP contribution in [0.15, 0.2) is 22.7 Å². The van der Waals surface area contributed by atoms with Crippen LogP contribution in [-0.2, 0) is 23.7 Å². The van der Waals surface area contributed by atoms with Crippen molar-refractivity contribution in [1.29, 1.82) is 0 Å². The van der Waals surface area contributed by atoms with Crippen LogP contribution in [0.1, 0.15) is 17.0 Å². The zero-order chi connectivity index (χ0) is 19.9. The van der Waals surface area contributed by atoms with Crippen LogP contribution in [0.2, 0.25) is 5.02 Å². The molecule has 2 aromatic rings. The van der Waals surface area contributed by atoms with Gasteiger partial charge >= 0.3 is 12.4 Å². The quantitative estimate of drug-likeness (QED) is 0.628. The molecule has 0 saturated heterocycles. The summed E-state index contributed by atoms with van der Waals surface area (Å²) in [6.45, 7) is 0.657. The van der Waals surface area contributed by atoms with Gasteiger partial charge < -0.3 is 5.32 Å². The molecule has 12 heteroatoms. The maximum absolute atomic E-state index is 12.8. The number of anilines is 1. The summed E-state index contributed by atoms with van der Waals surface area (Å²) in [5, 5.41) is 5.30. The van der Waals surface area contributed by atoms with Gasteiger partial charge in [0.05, 0.1) is 26.4 Å². The van der Waals surface area contributed by atoms with E-state index in [1.165, 1.54) is 6.92 Å². The fourth-order valence-electron chi connectivity index (χ4n) is 1.98. The van der Waals surface area contributed by atoms with Crippen LogP contribution >= 0.6 is 27.5 Å². The van der Waals surface area contributed by atoms with E-state index >= 15 is 0 Å². The second kappa shape index (κ2) is 7.10. The van der Waals surface area contributed by atoms with E-state index in [-0.39, 0.29) is 20.9 Å². The molecule has 0 fully saturated rings. The molecule has 0 saturated carbocycles. The van der Waals surface area contributed by atoms with Gasteiger partial charge in [-0.25, -0.2) is 0 Å². The summed E-state index contributed by atoms with van der Waals surface area (Å²) in [5.41, 5.74) is -2.52. The molecule has 0 aliphatic heterocycles. The average molecular weight is 465 g/mol. The molecule has 0 aliphatic carbocycles. The Morgan fingerprint density at radius 2 is 1.85 bits per heavy atom. The number of rotatable bonds is 3. The van der Waals surface area contributed by atoms with Gasteiger partial charge in [-0.2, -0.15) is 31.4 Å². The minimum atomic E-state index is -4.73. The van der Waals surface area contributed by atoms with Gasteiger partial charge in [0.2, 0.25) is 5.91 Å². The Morgan fingerprint density at radius 3 is 2.35 bits per heavy atom. The number of nitrogens with zero attached hydrogens (tertiary/aromatic N) is 2. The first-order valence-electron chi connectivity index (χ1n) is 6.77. The Balaban J connectivity index is 2.23. The van der Waals surface area contributed by atoms with Crippen molar-refractivity contribution in [3.8, 4) is 0 Å². The normalized spacial score (nSPS) is 12.3. The van der Waals surface area contributed by atoms with Crippen LogP contribution in [0.5, 0.6) is 0 Å². The maximum atomic E-state index is 12.8. The maximum Gasteiger partial charge on any atom is 0.436 e. The Labute approximate surface area is 156 Å². The minimum Gasteiger partial charge on any atom is -0.323 e. The van der Waals surface area contributed by atoms with Crippen molar-refractivity contribution in [2.75, 3.05) is 5.32 Å². The number of aromatic nitrogens is 2. The number of hydrogen-bond acceptors (Lipinski definition) is 2. The number of benzene rings is 1. The fraction of sp³-hybridized carbons (Fsp3) is 0.286. The minimum absolute atomic E-state index is 0.0302. The lowest BCUT2D eigenvalue weighted by Crippen LogP contribution is -2.21. The van der Waals surface area contributed by atoms with Crippen molar-refractivity contribution in [2.45, 2.75) is 25.8 Å². The van der Waals surface area contributed by atoms with E-state index in [4.69, 9.17) is 11.6 Å². The van der Waals surface area contributed by atoms with E-state index in [9.17, 15) is 31.1 Å². The smallest absolute Gasteiger partial charge is 0.323 e. The molecule has 2 rings (SSSR count). The van der Waals surface area contributed by atoms with E-state index in [1.54, 1.807) is 0 Å². The molecule has 26 heavy (non-hydrogen) atoms. The van der Waals surface area contributed by atoms with Crippen molar-refractivity contribution in [3.05, 3.63) is 44.6 Å². The van der Waals surface area contributed by atoms with Crippen molar-refractivity contribution in [2.24, 2.45) is 0 Å². The van der Waals surface area contributed by atoms with Gasteiger partial charge in [-0.15, -0.1) is 0 Å². The van der Waals surface area contributed by atoms with Crippen LogP contribution < -0.4 is 5.32 Å². The molecule has 1 N–H and O–H groups in total. The largest absolute Gasteiger partial charge is 0.436 e. The third-order valence-corrected chi connectivity index (χ3v) is 4.54. The van der Waals surface area contributed by atoms with E-state index in [2.05, 4.69) is 26.3 Å². The van der Waals surface area contributed by atoms with E-state index in [1.807, 2.05) is 0 Å². The first-order chi connectivity index (χ1) is 11.8. The molecule has 1 aromatic carbocycles. The second-order valence-corrected chi connectivity index (χ2v) is 6.34. The van der Waals surface area contributed by atoms with Crippen molar-refractivity contribution in [1.82, 2.24) is 9.78 Å². The SMILES string of the molecule is Cc1c(Br)c(C(F)(F)F)nn1CC(=O)Nc1cc(C(F)(F)F)ccc1Cl. The first kappa shape index (κ1) is 20.6. The number of nitrogens with one attached hydrogen (secondary N) is 1. The van der Waals surface area contributed by atoms with E-state index in [0.29, 0.717) is 6.07 Å². The molecule has 1 heterocycles. The number of carbonyl (C=O) groups is 1. The molecule has 142 valence electrons. The summed E-state index contributed by atoms with van der Waals surface area (Å²) in [5.74, 6) is -0.891. The average Bonchev–Trinajstić information content (AvgIpc) is 2.76. The van der Waals surface area contributed by atoms with Gasteiger partial charge in [-0.3, -0.25) is 9.48 Å². The van der Waals surface area contributed by atoms with Crippen LogP contribution in [0, 0.1) is 6.92 Å². The molecule has 4 nitrogen and oxygen atoms in total. The van der Waals surface area contributed by atoms with Crippen LogP contribution in [0.25, 0.3) is 0 Å². The van der Waals surface area contributed by atoms with E-state index < -0.39 is 36.1 Å². The monoisotopic (exact) mass is 463 g/mol. The Bertz CT molecular complexity index is 846. The summed E-state index contributed by atoms with van der Waals surface area (Å²) < 4.78 is 77.0. The lowest BCUT2D eigenvalue weighted by molar-refractivity contribution is -0.142. The van der Waals surface area contributed by atoms with Crippen molar-refractivity contribution in [3.63, 3.8) is 0 Å². The van der Waals surface area contributed by atoms with Gasteiger partial charge in [0.25, 0.3) is 0 Å². The van der Waals surface area contributed by atoms with Crippen molar-refractivity contribution < 1.29 is 31.1 Å². The summed E-state index contributed by atoms with van der Waals surface area (Å²) in [4.78, 5) is 12.0. The van der Waals surface area contributed by atoms with Gasteiger partial charge in [0.1, 0.15) is 6.54 Å². The number of amides is 1. The lowest BCUT2D eigenvalue weighted by atomic mass is 10.2. The number of alkyl halides is 6. The topological polar surface area (TPSA) is 46.9 Å². The summed E-state index contributed by atoms with van der Waals surface area (Å²) in [6.07, 6.45) is -9.37. The second-order valence-electron chi connectivity index (χ2n) is 5.14. The van der Waals surface area contributed by atoms with E-state index in [0.717, 1.165) is 16.8 Å². The molecule has 1 aromatic heterocycles. The third kappa shape index (κ3) is 4.50. The molecule has 0 aliphatic rings. The lowest BCUT2D eigenvalue weighted by Gasteiger charge is -2.12. The first-order valence-corrected chi connectivity index (χ1v) is 7.94. The molecular formula is C14H9BrClF6N3O. The Morgan fingerprint density at radius 1 is 1.23 bits per heavy atom. The summed E-state index contributed by atoms with van der Waals surface area (Å²) >= 11 is 8.51. The predicted octanol–water partition coefficient (Wildman–Crippen LogP) is 5.28. The predicted molar refractivity (Wildman–Crippen MR) is 84.7 cm³/mol. The highest BCUT2D eigenvalue weighted by molar-refractivity contribution is 9.10. The number of halogens is 8. The van der Waals surface area contributed by atoms with Crippen LogP contribution in [0.3, 0.4) is 0 Å². The zero-order valence-corrected chi connectivity index (χ0v) is 15.1. The highest BCUT2D eigenvalue weighted by Crippen LogP contribution is 2.36. The fourth-order valence-corrected chi connectivity index (χ4v) is 2.66. The highest BCUT2D eigenvalue weighted by atomic mass is 79.9. The number of hydrogen-bond donors (Lipinski definition) is 1. The van der Waals surface area contributed by atoms with Gasteiger partial charge in [0.15, 0.2) is 5.69 Å². The molecule has 0 spiro atoms. The van der Waals surface area contributed by atoms with Crippen LogP contribution in [0.4, 0.5) is 32.0 Å². The van der Waals surface area contributed by atoms with Gasteiger partial charge in [0, 0.05) is 0 Å². The van der Waals surface area contributed by atoms with Crippen molar-refractivity contribution >= 4 is 39.1 Å².